The van der Waals surface area contributed by atoms with E-state index in [9.17, 15) is 4.79 Å². The highest BCUT2D eigenvalue weighted by atomic mass is 32.2. The second kappa shape index (κ2) is 5.38. The summed E-state index contributed by atoms with van der Waals surface area (Å²) in [5.41, 5.74) is 1.84. The van der Waals surface area contributed by atoms with Gasteiger partial charge in [-0.15, -0.1) is 23.1 Å². The minimum Gasteiger partial charge on any atom is -0.477 e. The molecule has 19 heavy (non-hydrogen) atoms. The average molecular weight is 296 g/mol. The lowest BCUT2D eigenvalue weighted by molar-refractivity contribution is 0.0691. The van der Waals surface area contributed by atoms with Crippen LogP contribution in [-0.2, 0) is 5.75 Å². The molecule has 102 valence electrons. The molecule has 0 aliphatic rings. The molecule has 2 N–H and O–H groups in total. The standard InChI is InChI=1S/C13H16N2O2S2/c1-13(2,3)19-7-11-15-10(6-18-11)8-4-9(12(16)17)14-5-8/h4-6,14H,7H2,1-3H3,(H,16,17). The van der Waals surface area contributed by atoms with Gasteiger partial charge in [-0.3, -0.25) is 0 Å². The van der Waals surface area contributed by atoms with Crippen molar-refractivity contribution in [2.45, 2.75) is 31.3 Å². The zero-order valence-electron chi connectivity index (χ0n) is 11.1. The molecule has 0 unspecified atom stereocenters. The molecule has 0 radical (unpaired) electrons. The summed E-state index contributed by atoms with van der Waals surface area (Å²) in [4.78, 5) is 18.1. The highest BCUT2D eigenvalue weighted by molar-refractivity contribution is 7.99. The maximum atomic E-state index is 10.8. The average Bonchev–Trinajstić information content (AvgIpc) is 2.94. The fraction of sp³-hybridized carbons (Fsp3) is 0.385. The van der Waals surface area contributed by atoms with Crippen LogP contribution in [0.1, 0.15) is 36.3 Å². The van der Waals surface area contributed by atoms with Crippen molar-refractivity contribution in [3.8, 4) is 11.3 Å². The molecule has 6 heteroatoms. The number of carboxylic acids is 1. The summed E-state index contributed by atoms with van der Waals surface area (Å²) in [5.74, 6) is -0.0744. The summed E-state index contributed by atoms with van der Waals surface area (Å²) in [5, 5.41) is 11.9. The lowest BCUT2D eigenvalue weighted by atomic mass is 10.2. The third kappa shape index (κ3) is 3.84. The first-order valence-electron chi connectivity index (χ1n) is 5.85. The molecule has 0 aliphatic carbocycles. The molecule has 0 saturated carbocycles. The third-order valence-electron chi connectivity index (χ3n) is 2.39. The Morgan fingerprint density at radius 1 is 1.53 bits per heavy atom. The van der Waals surface area contributed by atoms with Crippen LogP contribution in [-0.4, -0.2) is 25.8 Å². The van der Waals surface area contributed by atoms with Crippen LogP contribution >= 0.6 is 23.1 Å². The smallest absolute Gasteiger partial charge is 0.352 e. The molecule has 0 fully saturated rings. The Hall–Kier alpha value is -1.27. The van der Waals surface area contributed by atoms with Crippen molar-refractivity contribution < 1.29 is 9.90 Å². The van der Waals surface area contributed by atoms with Gasteiger partial charge < -0.3 is 10.1 Å². The molecule has 0 spiro atoms. The zero-order valence-corrected chi connectivity index (χ0v) is 12.7. The van der Waals surface area contributed by atoms with Gasteiger partial charge in [0.1, 0.15) is 10.7 Å². The Kier molecular flexibility index (Phi) is 4.01. The number of rotatable bonds is 4. The number of carbonyl (C=O) groups is 1. The molecule has 4 nitrogen and oxygen atoms in total. The van der Waals surface area contributed by atoms with Crippen LogP contribution in [0.4, 0.5) is 0 Å². The minimum atomic E-state index is -0.954. The summed E-state index contributed by atoms with van der Waals surface area (Å²) < 4.78 is 0.219. The predicted octanol–water partition coefficient (Wildman–Crippen LogP) is 3.87. The molecular formula is C13H16N2O2S2. The fourth-order valence-corrected chi connectivity index (χ4v) is 3.11. The number of nitrogens with zero attached hydrogens (tertiary/aromatic N) is 1. The maximum Gasteiger partial charge on any atom is 0.352 e. The minimum absolute atomic E-state index is 0.189. The highest BCUT2D eigenvalue weighted by Gasteiger charge is 2.14. The first kappa shape index (κ1) is 14.1. The van der Waals surface area contributed by atoms with E-state index in [0.717, 1.165) is 22.0 Å². The van der Waals surface area contributed by atoms with Crippen LogP contribution in [0, 0.1) is 0 Å². The van der Waals surface area contributed by atoms with Gasteiger partial charge in [0.05, 0.1) is 5.69 Å². The monoisotopic (exact) mass is 296 g/mol. The SMILES string of the molecule is CC(C)(C)SCc1nc(-c2c[nH]c(C(=O)O)c2)cs1. The van der Waals surface area contributed by atoms with Crippen LogP contribution in [0.3, 0.4) is 0 Å². The van der Waals surface area contributed by atoms with Crippen LogP contribution < -0.4 is 0 Å². The van der Waals surface area contributed by atoms with E-state index in [-0.39, 0.29) is 10.4 Å². The van der Waals surface area contributed by atoms with E-state index in [1.807, 2.05) is 17.1 Å². The van der Waals surface area contributed by atoms with E-state index in [4.69, 9.17) is 5.11 Å². The summed E-state index contributed by atoms with van der Waals surface area (Å²) in [6.45, 7) is 6.53. The fourth-order valence-electron chi connectivity index (χ4n) is 1.45. The van der Waals surface area contributed by atoms with Crippen molar-refractivity contribution in [1.29, 1.82) is 0 Å². The molecule has 2 aromatic rings. The quantitative estimate of drug-likeness (QED) is 0.899. The van der Waals surface area contributed by atoms with E-state index in [2.05, 4.69) is 30.7 Å². The largest absolute Gasteiger partial charge is 0.477 e. The van der Waals surface area contributed by atoms with E-state index < -0.39 is 5.97 Å². The van der Waals surface area contributed by atoms with Crippen LogP contribution in [0.25, 0.3) is 11.3 Å². The molecule has 2 rings (SSSR count). The van der Waals surface area contributed by atoms with Crippen LogP contribution in [0.2, 0.25) is 0 Å². The first-order chi connectivity index (χ1) is 8.85. The summed E-state index contributed by atoms with van der Waals surface area (Å²) in [7, 11) is 0. The van der Waals surface area contributed by atoms with Crippen molar-refractivity contribution in [1.82, 2.24) is 9.97 Å². The third-order valence-corrected chi connectivity index (χ3v) is 4.70. The molecule has 0 aromatic carbocycles. The predicted molar refractivity (Wildman–Crippen MR) is 79.9 cm³/mol. The van der Waals surface area contributed by atoms with Gasteiger partial charge in [-0.2, -0.15) is 0 Å². The molecule has 2 heterocycles. The van der Waals surface area contributed by atoms with Crippen LogP contribution in [0.5, 0.6) is 0 Å². The molecule has 0 saturated heterocycles. The number of hydrogen-bond donors (Lipinski definition) is 2. The molecular weight excluding hydrogens is 280 g/mol. The normalized spacial score (nSPS) is 11.7. The van der Waals surface area contributed by atoms with E-state index in [0.29, 0.717) is 0 Å². The second-order valence-corrected chi connectivity index (χ2v) is 7.88. The number of aromatic amines is 1. The van der Waals surface area contributed by atoms with Gasteiger partial charge in [0, 0.05) is 27.6 Å². The van der Waals surface area contributed by atoms with E-state index >= 15 is 0 Å². The maximum absolute atomic E-state index is 10.8. The van der Waals surface area contributed by atoms with Gasteiger partial charge in [-0.05, 0) is 6.07 Å². The Labute approximate surface area is 120 Å². The first-order valence-corrected chi connectivity index (χ1v) is 7.72. The molecule has 2 aromatic heterocycles. The Morgan fingerprint density at radius 2 is 2.26 bits per heavy atom. The van der Waals surface area contributed by atoms with E-state index in [1.165, 1.54) is 0 Å². The van der Waals surface area contributed by atoms with Gasteiger partial charge in [0.2, 0.25) is 0 Å². The number of aromatic carboxylic acids is 1. The number of carboxylic acid groups (broad SMARTS) is 1. The number of thiazole rings is 1. The Balaban J connectivity index is 2.09. The number of hydrogen-bond acceptors (Lipinski definition) is 4. The van der Waals surface area contributed by atoms with Gasteiger partial charge in [0.15, 0.2) is 0 Å². The lowest BCUT2D eigenvalue weighted by Crippen LogP contribution is -2.07. The summed E-state index contributed by atoms with van der Waals surface area (Å²) in [6, 6.07) is 1.61. The van der Waals surface area contributed by atoms with Gasteiger partial charge in [-0.1, -0.05) is 20.8 Å². The van der Waals surface area contributed by atoms with E-state index in [1.54, 1.807) is 23.6 Å². The Morgan fingerprint density at radius 3 is 2.84 bits per heavy atom. The number of nitrogens with one attached hydrogen (secondary N) is 1. The molecule has 0 bridgehead atoms. The topological polar surface area (TPSA) is 66.0 Å². The summed E-state index contributed by atoms with van der Waals surface area (Å²) in [6.07, 6.45) is 1.68. The van der Waals surface area contributed by atoms with Crippen molar-refractivity contribution in [2.24, 2.45) is 0 Å². The molecule has 0 atom stereocenters. The summed E-state index contributed by atoms with van der Waals surface area (Å²) >= 11 is 3.46. The number of aromatic nitrogens is 2. The zero-order chi connectivity index (χ0) is 14.0. The molecule has 0 aliphatic heterocycles. The highest BCUT2D eigenvalue weighted by Crippen LogP contribution is 2.30. The van der Waals surface area contributed by atoms with Crippen LogP contribution in [0.15, 0.2) is 17.6 Å². The number of H-pyrrole nitrogens is 1. The van der Waals surface area contributed by atoms with Gasteiger partial charge in [-0.25, -0.2) is 9.78 Å². The van der Waals surface area contributed by atoms with Crippen molar-refractivity contribution >= 4 is 29.1 Å². The second-order valence-electron chi connectivity index (χ2n) is 5.13. The molecule has 0 amide bonds. The van der Waals surface area contributed by atoms with Gasteiger partial charge >= 0.3 is 5.97 Å². The van der Waals surface area contributed by atoms with Gasteiger partial charge in [0.25, 0.3) is 0 Å². The lowest BCUT2D eigenvalue weighted by Gasteiger charge is -2.16. The Bertz CT molecular complexity index is 581. The van der Waals surface area contributed by atoms with Crippen molar-refractivity contribution in [2.75, 3.05) is 0 Å². The van der Waals surface area contributed by atoms with Crippen molar-refractivity contribution in [3.05, 3.63) is 28.3 Å². The number of thioether (sulfide) groups is 1. The van der Waals surface area contributed by atoms with Crippen molar-refractivity contribution in [3.63, 3.8) is 0 Å².